The third kappa shape index (κ3) is 3.77. The molecule has 2 N–H and O–H groups in total. The van der Waals surface area contributed by atoms with E-state index in [2.05, 4.69) is 0 Å². The van der Waals surface area contributed by atoms with Gasteiger partial charge in [-0.3, -0.25) is 4.90 Å². The molecular weight excluding hydrogens is 311 g/mol. The maximum absolute atomic E-state index is 13.8. The molecule has 1 fully saturated rings. The van der Waals surface area contributed by atoms with Gasteiger partial charge in [-0.2, -0.15) is 11.8 Å². The smallest absolute Gasteiger partial charge is 0.164 e. The average Bonchev–Trinajstić information content (AvgIpc) is 2.43. The number of nitrogens with two attached hydrogens (primary N) is 1. The molecule has 21 heavy (non-hydrogen) atoms. The number of aryl methyl sites for hydroxylation is 1. The number of hydrogen-bond acceptors (Lipinski definition) is 5. The molecule has 118 valence electrons. The van der Waals surface area contributed by atoms with E-state index in [9.17, 15) is 12.8 Å². The van der Waals surface area contributed by atoms with Crippen LogP contribution in [0.2, 0.25) is 0 Å². The van der Waals surface area contributed by atoms with Gasteiger partial charge in [-0.25, -0.2) is 12.8 Å². The molecule has 1 saturated heterocycles. The van der Waals surface area contributed by atoms with Gasteiger partial charge in [0.2, 0.25) is 0 Å². The molecule has 2 rings (SSSR count). The first-order chi connectivity index (χ1) is 9.84. The van der Waals surface area contributed by atoms with Crippen LogP contribution in [0.1, 0.15) is 17.2 Å². The minimum Gasteiger partial charge on any atom is -0.329 e. The molecule has 0 aromatic heterocycles. The molecule has 0 amide bonds. The number of thioether (sulfide) groups is 1. The number of halogens is 1. The zero-order valence-corrected chi connectivity index (χ0v) is 13.9. The number of rotatable bonds is 4. The Balaban J connectivity index is 2.36. The average molecular weight is 332 g/mol. The molecule has 1 aliphatic heterocycles. The molecule has 1 aromatic rings. The highest BCUT2D eigenvalue weighted by atomic mass is 32.2. The zero-order valence-electron chi connectivity index (χ0n) is 12.3. The van der Waals surface area contributed by atoms with Gasteiger partial charge in [-0.15, -0.1) is 0 Å². The third-order valence-electron chi connectivity index (χ3n) is 3.82. The lowest BCUT2D eigenvalue weighted by atomic mass is 10.0. The highest BCUT2D eigenvalue weighted by Gasteiger charge is 2.35. The van der Waals surface area contributed by atoms with Crippen LogP contribution in [0.15, 0.2) is 18.2 Å². The molecule has 7 heteroatoms. The Morgan fingerprint density at radius 2 is 2.24 bits per heavy atom. The Kier molecular flexibility index (Phi) is 5.29. The van der Waals surface area contributed by atoms with E-state index in [1.54, 1.807) is 24.8 Å². The van der Waals surface area contributed by atoms with E-state index in [0.717, 1.165) is 11.3 Å². The van der Waals surface area contributed by atoms with Crippen LogP contribution in [-0.2, 0) is 9.84 Å². The van der Waals surface area contributed by atoms with E-state index >= 15 is 0 Å². The summed E-state index contributed by atoms with van der Waals surface area (Å²) in [5.74, 6) is 1.11. The van der Waals surface area contributed by atoms with Crippen molar-refractivity contribution in [2.45, 2.75) is 18.3 Å². The lowest BCUT2D eigenvalue weighted by Gasteiger charge is -2.39. The van der Waals surface area contributed by atoms with Crippen LogP contribution in [0.25, 0.3) is 0 Å². The fourth-order valence-corrected chi connectivity index (χ4v) is 5.52. The van der Waals surface area contributed by atoms with E-state index in [-0.39, 0.29) is 18.4 Å². The molecule has 1 aliphatic rings. The Morgan fingerprint density at radius 3 is 2.81 bits per heavy atom. The summed E-state index contributed by atoms with van der Waals surface area (Å²) in [5.41, 5.74) is 7.17. The summed E-state index contributed by atoms with van der Waals surface area (Å²) in [4.78, 5) is 1.90. The summed E-state index contributed by atoms with van der Waals surface area (Å²) in [6, 6.07) is 4.73. The molecule has 0 spiro atoms. The van der Waals surface area contributed by atoms with Gasteiger partial charge in [0.15, 0.2) is 9.84 Å². The van der Waals surface area contributed by atoms with Crippen LogP contribution in [0.3, 0.4) is 0 Å². The molecule has 0 radical (unpaired) electrons. The SMILES string of the molecule is Cc1ccc(C(CN)N2CCSCC2S(C)(=O)=O)cc1F. The van der Waals surface area contributed by atoms with Gasteiger partial charge < -0.3 is 5.73 Å². The van der Waals surface area contributed by atoms with Gasteiger partial charge in [0, 0.05) is 36.9 Å². The van der Waals surface area contributed by atoms with Crippen molar-refractivity contribution in [2.75, 3.05) is 30.9 Å². The van der Waals surface area contributed by atoms with Crippen molar-refractivity contribution in [2.24, 2.45) is 5.73 Å². The maximum atomic E-state index is 13.8. The van der Waals surface area contributed by atoms with Gasteiger partial charge in [0.25, 0.3) is 0 Å². The molecule has 1 heterocycles. The molecule has 0 saturated carbocycles. The summed E-state index contributed by atoms with van der Waals surface area (Å²) in [7, 11) is -3.20. The standard InChI is InChI=1S/C14H21FN2O2S2/c1-10-3-4-11(7-12(10)15)13(8-16)17-5-6-20-9-14(17)21(2,18)19/h3-4,7,13-14H,5-6,8-9,16H2,1-2H3. The van der Waals surface area contributed by atoms with Crippen LogP contribution < -0.4 is 5.73 Å². The van der Waals surface area contributed by atoms with Gasteiger partial charge in [-0.05, 0) is 24.1 Å². The topological polar surface area (TPSA) is 63.4 Å². The summed E-state index contributed by atoms with van der Waals surface area (Å²) in [5, 5.41) is -0.561. The molecule has 0 bridgehead atoms. The predicted octanol–water partition coefficient (Wildman–Crippen LogP) is 1.55. The molecule has 2 atom stereocenters. The summed E-state index contributed by atoms with van der Waals surface area (Å²) >= 11 is 1.63. The first-order valence-corrected chi connectivity index (χ1v) is 9.94. The monoisotopic (exact) mass is 332 g/mol. The molecule has 1 aromatic carbocycles. The molecule has 4 nitrogen and oxygen atoms in total. The van der Waals surface area contributed by atoms with E-state index in [1.165, 1.54) is 12.3 Å². The summed E-state index contributed by atoms with van der Waals surface area (Å²) in [6.45, 7) is 2.60. The van der Waals surface area contributed by atoms with Crippen molar-refractivity contribution in [3.63, 3.8) is 0 Å². The molecule has 2 unspecified atom stereocenters. The number of sulfone groups is 1. The van der Waals surface area contributed by atoms with Crippen molar-refractivity contribution in [3.05, 3.63) is 35.1 Å². The van der Waals surface area contributed by atoms with Gasteiger partial charge in [-0.1, -0.05) is 12.1 Å². The fraction of sp³-hybridized carbons (Fsp3) is 0.571. The van der Waals surface area contributed by atoms with E-state index in [0.29, 0.717) is 17.9 Å². The van der Waals surface area contributed by atoms with Crippen LogP contribution >= 0.6 is 11.8 Å². The second kappa shape index (κ2) is 6.64. The second-order valence-corrected chi connectivity index (χ2v) is 8.71. The first-order valence-electron chi connectivity index (χ1n) is 6.83. The Hall–Kier alpha value is -0.630. The van der Waals surface area contributed by atoms with Crippen LogP contribution in [0, 0.1) is 12.7 Å². The van der Waals surface area contributed by atoms with Gasteiger partial charge in [0.1, 0.15) is 11.2 Å². The van der Waals surface area contributed by atoms with Crippen molar-refractivity contribution >= 4 is 21.6 Å². The number of hydrogen-bond donors (Lipinski definition) is 1. The Labute approximate surface area is 129 Å². The van der Waals surface area contributed by atoms with E-state index in [1.807, 2.05) is 11.0 Å². The highest BCUT2D eigenvalue weighted by molar-refractivity contribution is 8.00. The van der Waals surface area contributed by atoms with Crippen molar-refractivity contribution in [3.8, 4) is 0 Å². The first kappa shape index (κ1) is 16.7. The van der Waals surface area contributed by atoms with Crippen molar-refractivity contribution in [1.29, 1.82) is 0 Å². The summed E-state index contributed by atoms with van der Waals surface area (Å²) < 4.78 is 37.8. The normalized spacial score (nSPS) is 22.2. The minimum absolute atomic E-state index is 0.263. The predicted molar refractivity (Wildman–Crippen MR) is 85.6 cm³/mol. The van der Waals surface area contributed by atoms with E-state index in [4.69, 9.17) is 5.73 Å². The zero-order chi connectivity index (χ0) is 15.6. The maximum Gasteiger partial charge on any atom is 0.164 e. The van der Waals surface area contributed by atoms with Gasteiger partial charge in [0.05, 0.1) is 0 Å². The lowest BCUT2D eigenvalue weighted by molar-refractivity contribution is 0.197. The molecule has 0 aliphatic carbocycles. The third-order valence-corrected chi connectivity index (χ3v) is 6.48. The number of benzene rings is 1. The largest absolute Gasteiger partial charge is 0.329 e. The minimum atomic E-state index is -3.20. The molecular formula is C14H21FN2O2S2. The summed E-state index contributed by atoms with van der Waals surface area (Å²) in [6.07, 6.45) is 1.25. The van der Waals surface area contributed by atoms with Crippen LogP contribution in [-0.4, -0.2) is 49.5 Å². The van der Waals surface area contributed by atoms with Crippen molar-refractivity contribution < 1.29 is 12.8 Å². The Morgan fingerprint density at radius 1 is 1.52 bits per heavy atom. The van der Waals surface area contributed by atoms with E-state index < -0.39 is 15.2 Å². The van der Waals surface area contributed by atoms with Crippen molar-refractivity contribution in [1.82, 2.24) is 4.90 Å². The highest BCUT2D eigenvalue weighted by Crippen LogP contribution is 2.30. The van der Waals surface area contributed by atoms with Crippen LogP contribution in [0.5, 0.6) is 0 Å². The lowest BCUT2D eigenvalue weighted by Crippen LogP contribution is -2.50. The van der Waals surface area contributed by atoms with Gasteiger partial charge >= 0.3 is 0 Å². The second-order valence-electron chi connectivity index (χ2n) is 5.36. The quantitative estimate of drug-likeness (QED) is 0.906. The fourth-order valence-electron chi connectivity index (χ4n) is 2.60. The van der Waals surface area contributed by atoms with Crippen LogP contribution in [0.4, 0.5) is 4.39 Å². The number of nitrogens with zero attached hydrogens (tertiary/aromatic N) is 1. The Bertz CT molecular complexity index is 607.